The van der Waals surface area contributed by atoms with E-state index < -0.39 is 15.4 Å². The van der Waals surface area contributed by atoms with Crippen LogP contribution in [0.25, 0.3) is 0 Å². The Balaban J connectivity index is 2.05. The summed E-state index contributed by atoms with van der Waals surface area (Å²) in [5, 5.41) is 18.4. The zero-order valence-corrected chi connectivity index (χ0v) is 15.4. The highest BCUT2D eigenvalue weighted by molar-refractivity contribution is 7.90. The predicted molar refractivity (Wildman–Crippen MR) is 91.2 cm³/mol. The van der Waals surface area contributed by atoms with Gasteiger partial charge in [-0.05, 0) is 33.6 Å². The van der Waals surface area contributed by atoms with Crippen molar-refractivity contribution < 1.29 is 13.5 Å². The maximum atomic E-state index is 11.3. The number of hydrogen-bond acceptors (Lipinski definition) is 5. The fraction of sp³-hybridized carbons (Fsp3) is 0.812. The summed E-state index contributed by atoms with van der Waals surface area (Å²) in [7, 11) is -3.00. The summed E-state index contributed by atoms with van der Waals surface area (Å²) in [4.78, 5) is 0. The van der Waals surface area contributed by atoms with Gasteiger partial charge in [0.05, 0.1) is 23.6 Å². The van der Waals surface area contributed by atoms with Crippen LogP contribution in [0.3, 0.4) is 0 Å². The minimum atomic E-state index is -3.00. The molecule has 0 radical (unpaired) electrons. The Morgan fingerprint density at radius 2 is 1.96 bits per heavy atom. The van der Waals surface area contributed by atoms with Crippen LogP contribution in [0.2, 0.25) is 0 Å². The molecule has 0 saturated heterocycles. The van der Waals surface area contributed by atoms with Gasteiger partial charge in [0.15, 0.2) is 0 Å². The average Bonchev–Trinajstić information content (AvgIpc) is 2.98. The number of aliphatic hydroxyl groups is 1. The Morgan fingerprint density at radius 1 is 1.35 bits per heavy atom. The third-order valence-electron chi connectivity index (χ3n) is 4.82. The van der Waals surface area contributed by atoms with Gasteiger partial charge in [0.25, 0.3) is 0 Å². The summed E-state index contributed by atoms with van der Waals surface area (Å²) in [6.45, 7) is 6.95. The third kappa shape index (κ3) is 4.78. The summed E-state index contributed by atoms with van der Waals surface area (Å²) in [6.07, 6.45) is 5.14. The van der Waals surface area contributed by atoms with Crippen LogP contribution < -0.4 is 5.32 Å². The first kappa shape index (κ1) is 18.4. The van der Waals surface area contributed by atoms with Crippen LogP contribution >= 0.6 is 0 Å². The van der Waals surface area contributed by atoms with Crippen molar-refractivity contribution in [1.82, 2.24) is 15.1 Å². The molecule has 1 aromatic rings. The summed E-state index contributed by atoms with van der Waals surface area (Å²) in [6, 6.07) is 0.0756. The van der Waals surface area contributed by atoms with E-state index in [0.717, 1.165) is 42.6 Å². The van der Waals surface area contributed by atoms with E-state index in [-0.39, 0.29) is 11.8 Å². The van der Waals surface area contributed by atoms with Crippen LogP contribution in [0.4, 0.5) is 0 Å². The van der Waals surface area contributed by atoms with Crippen molar-refractivity contribution in [3.8, 4) is 0 Å². The average molecular weight is 343 g/mol. The molecule has 7 heteroatoms. The lowest BCUT2D eigenvalue weighted by molar-refractivity contribution is 0.0453. The minimum Gasteiger partial charge on any atom is -0.389 e. The monoisotopic (exact) mass is 343 g/mol. The lowest BCUT2D eigenvalue weighted by atomic mass is 10.0. The van der Waals surface area contributed by atoms with Gasteiger partial charge in [0, 0.05) is 30.1 Å². The number of aromatic nitrogens is 2. The zero-order valence-electron chi connectivity index (χ0n) is 14.6. The Bertz CT molecular complexity index is 646. The molecule has 0 bridgehead atoms. The van der Waals surface area contributed by atoms with Gasteiger partial charge < -0.3 is 10.4 Å². The molecule has 0 aliphatic heterocycles. The molecular weight excluding hydrogens is 314 g/mol. The van der Waals surface area contributed by atoms with E-state index in [4.69, 9.17) is 0 Å². The maximum absolute atomic E-state index is 11.3. The van der Waals surface area contributed by atoms with Gasteiger partial charge in [-0.3, -0.25) is 4.68 Å². The summed E-state index contributed by atoms with van der Waals surface area (Å²) in [5.41, 5.74) is 2.42. The highest BCUT2D eigenvalue weighted by Crippen LogP contribution is 2.30. The normalized spacial score (nSPS) is 19.2. The number of nitrogens with zero attached hydrogens (tertiary/aromatic N) is 2. The molecule has 1 atom stereocenters. The van der Waals surface area contributed by atoms with Gasteiger partial charge in [-0.2, -0.15) is 5.10 Å². The highest BCUT2D eigenvalue weighted by Gasteiger charge is 2.31. The quantitative estimate of drug-likeness (QED) is 0.784. The van der Waals surface area contributed by atoms with Crippen LogP contribution in [0.5, 0.6) is 0 Å². The van der Waals surface area contributed by atoms with Crippen molar-refractivity contribution >= 4 is 9.84 Å². The fourth-order valence-electron chi connectivity index (χ4n) is 3.46. The molecule has 1 aliphatic carbocycles. The molecule has 1 fully saturated rings. The zero-order chi connectivity index (χ0) is 17.3. The molecule has 1 heterocycles. The first-order chi connectivity index (χ1) is 10.6. The highest BCUT2D eigenvalue weighted by atomic mass is 32.2. The van der Waals surface area contributed by atoms with Crippen molar-refractivity contribution in [2.75, 3.05) is 18.6 Å². The Morgan fingerprint density at radius 3 is 2.52 bits per heavy atom. The van der Waals surface area contributed by atoms with Gasteiger partial charge in [-0.15, -0.1) is 0 Å². The van der Waals surface area contributed by atoms with Gasteiger partial charge in [0.2, 0.25) is 0 Å². The number of hydrogen-bond donors (Lipinski definition) is 2. The molecule has 23 heavy (non-hydrogen) atoms. The summed E-state index contributed by atoms with van der Waals surface area (Å²) >= 11 is 0. The second-order valence-electron chi connectivity index (χ2n) is 6.97. The predicted octanol–water partition coefficient (Wildman–Crippen LogP) is 1.50. The van der Waals surface area contributed by atoms with Crippen molar-refractivity contribution in [2.24, 2.45) is 0 Å². The van der Waals surface area contributed by atoms with Crippen molar-refractivity contribution in [1.29, 1.82) is 0 Å². The number of aryl methyl sites for hydroxylation is 2. The van der Waals surface area contributed by atoms with E-state index >= 15 is 0 Å². The smallest absolute Gasteiger partial charge is 0.149 e. The third-order valence-corrected chi connectivity index (χ3v) is 5.74. The standard InChI is InChI=1S/C16H29N3O3S/c1-12(17-11-16(20)7-5-6-8-16)15-13(2)18-19(14(15)3)9-10-23(4,21)22/h12,17,20H,5-11H2,1-4H3. The van der Waals surface area contributed by atoms with Gasteiger partial charge >= 0.3 is 0 Å². The first-order valence-corrected chi connectivity index (χ1v) is 10.3. The van der Waals surface area contributed by atoms with Crippen molar-refractivity contribution in [3.05, 3.63) is 17.0 Å². The number of sulfone groups is 1. The second kappa shape index (κ2) is 6.91. The lowest BCUT2D eigenvalue weighted by Crippen LogP contribution is -2.39. The SMILES string of the molecule is Cc1nn(CCS(C)(=O)=O)c(C)c1C(C)NCC1(O)CCCC1. The molecule has 2 N–H and O–H groups in total. The van der Waals surface area contributed by atoms with E-state index in [0.29, 0.717) is 13.1 Å². The number of nitrogens with one attached hydrogen (secondary N) is 1. The van der Waals surface area contributed by atoms with Crippen LogP contribution in [0.1, 0.15) is 55.6 Å². The van der Waals surface area contributed by atoms with Crippen molar-refractivity contribution in [2.45, 2.75) is 64.6 Å². The molecular formula is C16H29N3O3S. The summed E-state index contributed by atoms with van der Waals surface area (Å²) in [5.74, 6) is 0.0932. The van der Waals surface area contributed by atoms with Gasteiger partial charge in [0.1, 0.15) is 9.84 Å². The molecule has 6 nitrogen and oxygen atoms in total. The summed E-state index contributed by atoms with van der Waals surface area (Å²) < 4.78 is 24.5. The lowest BCUT2D eigenvalue weighted by Gasteiger charge is -2.25. The van der Waals surface area contributed by atoms with E-state index in [1.54, 1.807) is 4.68 Å². The van der Waals surface area contributed by atoms with Crippen LogP contribution in [0, 0.1) is 13.8 Å². The molecule has 132 valence electrons. The number of rotatable bonds is 7. The van der Waals surface area contributed by atoms with Gasteiger partial charge in [-0.1, -0.05) is 12.8 Å². The van der Waals surface area contributed by atoms with Gasteiger partial charge in [-0.25, -0.2) is 8.42 Å². The molecule has 1 unspecified atom stereocenters. The molecule has 1 saturated carbocycles. The van der Waals surface area contributed by atoms with E-state index in [2.05, 4.69) is 17.3 Å². The van der Waals surface area contributed by atoms with Crippen molar-refractivity contribution in [3.63, 3.8) is 0 Å². The van der Waals surface area contributed by atoms with Crippen LogP contribution in [-0.2, 0) is 16.4 Å². The first-order valence-electron chi connectivity index (χ1n) is 8.29. The second-order valence-corrected chi connectivity index (χ2v) is 9.23. The Hall–Kier alpha value is -0.920. The largest absolute Gasteiger partial charge is 0.389 e. The van der Waals surface area contributed by atoms with E-state index in [1.165, 1.54) is 6.26 Å². The molecule has 1 aliphatic rings. The van der Waals surface area contributed by atoms with Crippen LogP contribution in [-0.4, -0.2) is 47.5 Å². The van der Waals surface area contributed by atoms with E-state index in [1.807, 2.05) is 13.8 Å². The molecule has 0 spiro atoms. The molecule has 0 aromatic carbocycles. The Kier molecular flexibility index (Phi) is 5.53. The minimum absolute atomic E-state index is 0.0756. The Labute approximate surface area is 139 Å². The van der Waals surface area contributed by atoms with Crippen LogP contribution in [0.15, 0.2) is 0 Å². The maximum Gasteiger partial charge on any atom is 0.149 e. The van der Waals surface area contributed by atoms with E-state index in [9.17, 15) is 13.5 Å². The molecule has 2 rings (SSSR count). The topological polar surface area (TPSA) is 84.2 Å². The molecule has 1 aromatic heterocycles. The molecule has 0 amide bonds. The fourth-order valence-corrected chi connectivity index (χ4v) is 3.97.